The van der Waals surface area contributed by atoms with Crippen LogP contribution in [0, 0.1) is 6.92 Å². The van der Waals surface area contributed by atoms with Gasteiger partial charge in [0.05, 0.1) is 6.61 Å². The third-order valence-corrected chi connectivity index (χ3v) is 2.32. The number of nitrogens with two attached hydrogens (primary N) is 1. The normalized spacial score (nSPS) is 10.2. The number of para-hydroxylation sites is 1. The lowest BCUT2D eigenvalue weighted by atomic mass is 10.2. The summed E-state index contributed by atoms with van der Waals surface area (Å²) in [5.41, 5.74) is 3.79. The van der Waals surface area contributed by atoms with Crippen LogP contribution in [0.4, 0.5) is 5.95 Å². The average Bonchev–Trinajstić information content (AvgIpc) is 2.38. The van der Waals surface area contributed by atoms with Crippen molar-refractivity contribution in [1.29, 1.82) is 0 Å². The van der Waals surface area contributed by atoms with E-state index in [1.165, 1.54) is 0 Å². The predicted molar refractivity (Wildman–Crippen MR) is 67.0 cm³/mol. The number of hydrogen-bond acceptors (Lipinski definition) is 6. The molecule has 0 aliphatic rings. The number of hydrazine groups is 1. The van der Waals surface area contributed by atoms with Crippen LogP contribution in [0.5, 0.6) is 11.6 Å². The highest BCUT2D eigenvalue weighted by Gasteiger charge is 2.06. The number of aryl methyl sites for hydroxylation is 1. The minimum Gasteiger partial charge on any atom is -0.438 e. The van der Waals surface area contributed by atoms with E-state index in [2.05, 4.69) is 15.4 Å². The first-order valence-corrected chi connectivity index (χ1v) is 5.42. The van der Waals surface area contributed by atoms with Gasteiger partial charge in [-0.15, -0.1) is 0 Å². The first-order valence-electron chi connectivity index (χ1n) is 5.42. The molecule has 94 valence electrons. The molecular formula is C12H14N4O2. The van der Waals surface area contributed by atoms with E-state index in [1.807, 2.05) is 19.1 Å². The van der Waals surface area contributed by atoms with Crippen LogP contribution >= 0.6 is 0 Å². The number of aliphatic hydroxyl groups is 1. The summed E-state index contributed by atoms with van der Waals surface area (Å²) in [5.74, 6) is 6.48. The summed E-state index contributed by atoms with van der Waals surface area (Å²) in [4.78, 5) is 8.13. The van der Waals surface area contributed by atoms with Gasteiger partial charge in [-0.25, -0.2) is 10.8 Å². The molecule has 6 nitrogen and oxygen atoms in total. The molecule has 0 bridgehead atoms. The third-order valence-electron chi connectivity index (χ3n) is 2.32. The molecule has 18 heavy (non-hydrogen) atoms. The highest BCUT2D eigenvalue weighted by molar-refractivity contribution is 5.37. The number of aromatic nitrogens is 2. The van der Waals surface area contributed by atoms with Crippen LogP contribution in [0.1, 0.15) is 11.3 Å². The van der Waals surface area contributed by atoms with Crippen LogP contribution in [0.3, 0.4) is 0 Å². The minimum atomic E-state index is -0.0950. The van der Waals surface area contributed by atoms with Gasteiger partial charge in [0.25, 0.3) is 0 Å². The lowest BCUT2D eigenvalue weighted by molar-refractivity contribution is 0.276. The van der Waals surface area contributed by atoms with Crippen LogP contribution in [-0.2, 0) is 6.61 Å². The van der Waals surface area contributed by atoms with Gasteiger partial charge in [-0.2, -0.15) is 4.98 Å². The summed E-state index contributed by atoms with van der Waals surface area (Å²) in [6, 6.07) is 8.89. The lowest BCUT2D eigenvalue weighted by Gasteiger charge is -2.09. The zero-order valence-electron chi connectivity index (χ0n) is 9.92. The van der Waals surface area contributed by atoms with Gasteiger partial charge >= 0.3 is 0 Å². The Morgan fingerprint density at radius 1 is 1.33 bits per heavy atom. The van der Waals surface area contributed by atoms with Crippen molar-refractivity contribution in [3.63, 3.8) is 0 Å². The SMILES string of the molecule is Cc1cc(Oc2ccccc2CO)nc(NN)n1. The zero-order valence-corrected chi connectivity index (χ0v) is 9.92. The fourth-order valence-corrected chi connectivity index (χ4v) is 1.50. The van der Waals surface area contributed by atoms with Gasteiger partial charge in [0.15, 0.2) is 0 Å². The lowest BCUT2D eigenvalue weighted by Crippen LogP contribution is -2.11. The van der Waals surface area contributed by atoms with Crippen molar-refractivity contribution in [2.24, 2.45) is 5.84 Å². The van der Waals surface area contributed by atoms with Crippen LogP contribution in [0.2, 0.25) is 0 Å². The van der Waals surface area contributed by atoms with Gasteiger partial charge in [-0.05, 0) is 13.0 Å². The van der Waals surface area contributed by atoms with Gasteiger partial charge < -0.3 is 9.84 Å². The Morgan fingerprint density at radius 3 is 2.83 bits per heavy atom. The molecule has 0 atom stereocenters. The number of nitrogens with zero attached hydrogens (tertiary/aromatic N) is 2. The molecule has 1 heterocycles. The maximum atomic E-state index is 9.21. The van der Waals surface area contributed by atoms with Crippen molar-refractivity contribution in [2.75, 3.05) is 5.43 Å². The van der Waals surface area contributed by atoms with E-state index >= 15 is 0 Å². The molecule has 6 heteroatoms. The van der Waals surface area contributed by atoms with Crippen molar-refractivity contribution >= 4 is 5.95 Å². The molecule has 0 radical (unpaired) electrons. The molecule has 0 amide bonds. The Hall–Kier alpha value is -2.18. The second kappa shape index (κ2) is 5.44. The van der Waals surface area contributed by atoms with Crippen molar-refractivity contribution in [3.05, 3.63) is 41.6 Å². The molecule has 1 aromatic heterocycles. The number of anilines is 1. The van der Waals surface area contributed by atoms with Gasteiger partial charge in [0.1, 0.15) is 5.75 Å². The van der Waals surface area contributed by atoms with Crippen molar-refractivity contribution < 1.29 is 9.84 Å². The molecule has 0 unspecified atom stereocenters. The third kappa shape index (κ3) is 2.73. The van der Waals surface area contributed by atoms with Crippen LogP contribution < -0.4 is 16.0 Å². The first-order chi connectivity index (χ1) is 8.72. The molecule has 0 fully saturated rings. The topological polar surface area (TPSA) is 93.3 Å². The molecular weight excluding hydrogens is 232 g/mol. The number of aliphatic hydroxyl groups excluding tert-OH is 1. The van der Waals surface area contributed by atoms with Gasteiger partial charge in [-0.3, -0.25) is 5.43 Å². The zero-order chi connectivity index (χ0) is 13.0. The van der Waals surface area contributed by atoms with Gasteiger partial charge in [0, 0.05) is 17.3 Å². The number of ether oxygens (including phenoxy) is 1. The number of rotatable bonds is 4. The van der Waals surface area contributed by atoms with E-state index in [0.717, 1.165) is 5.69 Å². The fraction of sp³-hybridized carbons (Fsp3) is 0.167. The van der Waals surface area contributed by atoms with E-state index in [0.29, 0.717) is 17.2 Å². The summed E-state index contributed by atoms with van der Waals surface area (Å²) < 4.78 is 5.62. The predicted octanol–water partition coefficient (Wildman–Crippen LogP) is 1.36. The molecule has 0 spiro atoms. The van der Waals surface area contributed by atoms with Crippen molar-refractivity contribution in [2.45, 2.75) is 13.5 Å². The van der Waals surface area contributed by atoms with Gasteiger partial charge in [-0.1, -0.05) is 18.2 Å². The Kier molecular flexibility index (Phi) is 3.71. The number of nitrogens with one attached hydrogen (secondary N) is 1. The van der Waals surface area contributed by atoms with E-state index in [1.54, 1.807) is 18.2 Å². The second-order valence-electron chi connectivity index (χ2n) is 3.68. The van der Waals surface area contributed by atoms with E-state index in [9.17, 15) is 5.11 Å². The molecule has 0 aliphatic heterocycles. The molecule has 2 rings (SSSR count). The van der Waals surface area contributed by atoms with Crippen molar-refractivity contribution in [3.8, 4) is 11.6 Å². The van der Waals surface area contributed by atoms with Crippen molar-refractivity contribution in [1.82, 2.24) is 9.97 Å². The Balaban J connectivity index is 2.30. The highest BCUT2D eigenvalue weighted by atomic mass is 16.5. The molecule has 4 N–H and O–H groups in total. The minimum absolute atomic E-state index is 0.0950. The average molecular weight is 246 g/mol. The maximum absolute atomic E-state index is 9.21. The van der Waals surface area contributed by atoms with Crippen LogP contribution in [0.25, 0.3) is 0 Å². The summed E-state index contributed by atoms with van der Waals surface area (Å²) in [6.45, 7) is 1.72. The standard InChI is InChI=1S/C12H14N4O2/c1-8-6-11(15-12(14-8)16-13)18-10-5-3-2-4-9(10)7-17/h2-6,17H,7,13H2,1H3,(H,14,15,16). The summed E-state index contributed by atoms with van der Waals surface area (Å²) >= 11 is 0. The Bertz CT molecular complexity index is 545. The monoisotopic (exact) mass is 246 g/mol. The number of benzene rings is 1. The fourth-order valence-electron chi connectivity index (χ4n) is 1.50. The molecule has 0 aliphatic carbocycles. The Morgan fingerprint density at radius 2 is 2.11 bits per heavy atom. The van der Waals surface area contributed by atoms with Crippen LogP contribution in [-0.4, -0.2) is 15.1 Å². The van der Waals surface area contributed by atoms with Crippen LogP contribution in [0.15, 0.2) is 30.3 Å². The quantitative estimate of drug-likeness (QED) is 0.557. The van der Waals surface area contributed by atoms with E-state index < -0.39 is 0 Å². The largest absolute Gasteiger partial charge is 0.438 e. The number of nitrogen functional groups attached to an aromatic ring is 1. The number of hydrogen-bond donors (Lipinski definition) is 3. The molecule has 1 aromatic carbocycles. The second-order valence-corrected chi connectivity index (χ2v) is 3.68. The smallest absolute Gasteiger partial charge is 0.240 e. The maximum Gasteiger partial charge on any atom is 0.240 e. The molecule has 2 aromatic rings. The summed E-state index contributed by atoms with van der Waals surface area (Å²) in [5, 5.41) is 9.21. The summed E-state index contributed by atoms with van der Waals surface area (Å²) in [7, 11) is 0. The summed E-state index contributed by atoms with van der Waals surface area (Å²) in [6.07, 6.45) is 0. The van der Waals surface area contributed by atoms with E-state index in [-0.39, 0.29) is 12.6 Å². The Labute approximate surface area is 104 Å². The highest BCUT2D eigenvalue weighted by Crippen LogP contribution is 2.24. The first kappa shape index (κ1) is 12.3. The van der Waals surface area contributed by atoms with E-state index in [4.69, 9.17) is 10.6 Å². The molecule has 0 saturated carbocycles. The van der Waals surface area contributed by atoms with Gasteiger partial charge in [0.2, 0.25) is 11.8 Å². The molecule has 0 saturated heterocycles.